The molecule has 182 valence electrons. The molecule has 0 saturated carbocycles. The van der Waals surface area contributed by atoms with E-state index >= 15 is 0 Å². The van der Waals surface area contributed by atoms with E-state index in [0.29, 0.717) is 18.0 Å². The molecule has 5 aromatic rings. The van der Waals surface area contributed by atoms with E-state index in [9.17, 15) is 15.0 Å². The van der Waals surface area contributed by atoms with Crippen LogP contribution in [0.5, 0.6) is 0 Å². The minimum Gasteiger partial charge on any atom is -0.370 e. The van der Waals surface area contributed by atoms with Crippen molar-refractivity contribution in [2.45, 2.75) is 11.8 Å². The molecule has 1 aliphatic rings. The third kappa shape index (κ3) is 4.17. The molecule has 0 radical (unpaired) electrons. The third-order valence-corrected chi connectivity index (χ3v) is 9.37. The van der Waals surface area contributed by atoms with E-state index in [-0.39, 0.29) is 5.92 Å². The SMILES string of the molecule is Cc1ccc(Sn2c(-c3cccc(N4CC(C(=O)N=O)C4)c3)c(-c3ccsc3C#N)c3sccc32)cc1. The van der Waals surface area contributed by atoms with E-state index in [2.05, 4.69) is 74.9 Å². The van der Waals surface area contributed by atoms with Crippen LogP contribution in [0.1, 0.15) is 10.4 Å². The fourth-order valence-corrected chi connectivity index (χ4v) is 7.35. The number of benzene rings is 2. The second-order valence-corrected chi connectivity index (χ2v) is 11.8. The molecular formula is C28H20N4O2S3. The molecule has 9 heteroatoms. The van der Waals surface area contributed by atoms with Crippen LogP contribution in [0.3, 0.4) is 0 Å². The number of thiophene rings is 2. The van der Waals surface area contributed by atoms with E-state index in [1.54, 1.807) is 23.3 Å². The summed E-state index contributed by atoms with van der Waals surface area (Å²) >= 11 is 4.80. The van der Waals surface area contributed by atoms with Crippen LogP contribution in [0.4, 0.5) is 5.69 Å². The molecule has 4 heterocycles. The highest BCUT2D eigenvalue weighted by Gasteiger charge is 2.34. The molecule has 0 unspecified atom stereocenters. The van der Waals surface area contributed by atoms with Crippen LogP contribution in [0.25, 0.3) is 32.6 Å². The van der Waals surface area contributed by atoms with Gasteiger partial charge in [0.25, 0.3) is 5.91 Å². The lowest BCUT2D eigenvalue weighted by atomic mass is 9.97. The molecule has 6 nitrogen and oxygen atoms in total. The van der Waals surface area contributed by atoms with Gasteiger partial charge in [-0.2, -0.15) is 5.26 Å². The van der Waals surface area contributed by atoms with Crippen LogP contribution in [0, 0.1) is 29.1 Å². The number of fused-ring (bicyclic) bond motifs is 1. The van der Waals surface area contributed by atoms with Crippen molar-refractivity contribution in [1.82, 2.24) is 3.97 Å². The van der Waals surface area contributed by atoms with Crippen molar-refractivity contribution in [3.63, 3.8) is 0 Å². The minimum atomic E-state index is -0.584. The Morgan fingerprint density at radius 1 is 1.08 bits per heavy atom. The number of nitroso groups, excluding NO2 is 1. The van der Waals surface area contributed by atoms with Crippen LogP contribution in [-0.2, 0) is 4.79 Å². The number of carbonyl (C=O) groups excluding carboxylic acids is 1. The number of aryl methyl sites for hydroxylation is 1. The van der Waals surface area contributed by atoms with E-state index in [1.807, 2.05) is 23.6 Å². The van der Waals surface area contributed by atoms with Crippen LogP contribution >= 0.6 is 34.6 Å². The first-order valence-electron chi connectivity index (χ1n) is 11.6. The number of amides is 1. The number of nitrogens with zero attached hydrogens (tertiary/aromatic N) is 4. The molecule has 6 rings (SSSR count). The molecule has 0 atom stereocenters. The minimum absolute atomic E-state index is 0.341. The number of hydrogen-bond acceptors (Lipinski definition) is 7. The zero-order valence-corrected chi connectivity index (χ0v) is 22.2. The Kier molecular flexibility index (Phi) is 6.16. The normalized spacial score (nSPS) is 13.5. The third-order valence-electron chi connectivity index (χ3n) is 6.59. The van der Waals surface area contributed by atoms with Crippen LogP contribution in [0.15, 0.2) is 81.5 Å². The average molecular weight is 541 g/mol. The van der Waals surface area contributed by atoms with Crippen molar-refractivity contribution in [2.24, 2.45) is 11.1 Å². The molecule has 37 heavy (non-hydrogen) atoms. The number of aromatic nitrogens is 1. The van der Waals surface area contributed by atoms with Gasteiger partial charge in [-0.1, -0.05) is 29.8 Å². The lowest BCUT2D eigenvalue weighted by molar-refractivity contribution is -0.122. The maximum absolute atomic E-state index is 11.7. The number of nitriles is 1. The summed E-state index contributed by atoms with van der Waals surface area (Å²) in [5.41, 5.74) is 7.35. The Morgan fingerprint density at radius 2 is 1.86 bits per heavy atom. The molecular weight excluding hydrogens is 521 g/mol. The summed E-state index contributed by atoms with van der Waals surface area (Å²) < 4.78 is 3.41. The van der Waals surface area contributed by atoms with Gasteiger partial charge >= 0.3 is 0 Å². The maximum atomic E-state index is 11.7. The summed E-state index contributed by atoms with van der Waals surface area (Å²) in [5, 5.41) is 16.5. The Labute approximate surface area is 225 Å². The molecule has 0 N–H and O–H groups in total. The standard InChI is InChI=1S/C28H20N4O2S3/c1-17-5-7-21(8-6-17)37-32-23-10-12-36-27(23)25(22-9-11-35-24(22)14-29)26(32)18-3-2-4-20(13-18)31-15-19(16-31)28(33)30-34/h2-13,19H,15-16H2,1H3. The Bertz CT molecular complexity index is 1680. The monoisotopic (exact) mass is 540 g/mol. The maximum Gasteiger partial charge on any atom is 0.292 e. The highest BCUT2D eigenvalue weighted by atomic mass is 32.2. The zero-order valence-electron chi connectivity index (χ0n) is 19.7. The molecule has 2 aromatic carbocycles. The summed E-state index contributed by atoms with van der Waals surface area (Å²) in [7, 11) is 0. The average Bonchev–Trinajstić information content (AvgIpc) is 3.61. The van der Waals surface area contributed by atoms with Gasteiger partial charge in [-0.15, -0.1) is 27.6 Å². The van der Waals surface area contributed by atoms with Crippen LogP contribution in [0.2, 0.25) is 0 Å². The van der Waals surface area contributed by atoms with Crippen molar-refractivity contribution in [3.05, 3.63) is 86.8 Å². The Morgan fingerprint density at radius 3 is 2.62 bits per heavy atom. The molecule has 0 spiro atoms. The van der Waals surface area contributed by atoms with Gasteiger partial charge in [-0.05, 0) is 66.0 Å². The van der Waals surface area contributed by atoms with Crippen LogP contribution in [-0.4, -0.2) is 23.0 Å². The molecule has 0 aliphatic carbocycles. The van der Waals surface area contributed by atoms with Gasteiger partial charge < -0.3 is 4.90 Å². The summed E-state index contributed by atoms with van der Waals surface area (Å²) in [5.74, 6) is -0.924. The van der Waals surface area contributed by atoms with E-state index in [0.717, 1.165) is 43.2 Å². The fraction of sp³-hybridized carbons (Fsp3) is 0.143. The molecule has 0 bridgehead atoms. The first-order valence-corrected chi connectivity index (χ1v) is 14.2. The highest BCUT2D eigenvalue weighted by Crippen LogP contribution is 2.48. The van der Waals surface area contributed by atoms with Crippen LogP contribution < -0.4 is 4.90 Å². The lowest BCUT2D eigenvalue weighted by Crippen LogP contribution is -2.50. The second kappa shape index (κ2) is 9.63. The summed E-state index contributed by atoms with van der Waals surface area (Å²) in [4.78, 5) is 26.2. The van der Waals surface area contributed by atoms with Crippen molar-refractivity contribution in [1.29, 1.82) is 5.26 Å². The first kappa shape index (κ1) is 23.7. The molecule has 3 aromatic heterocycles. The van der Waals surface area contributed by atoms with Gasteiger partial charge in [0.2, 0.25) is 0 Å². The van der Waals surface area contributed by atoms with Crippen molar-refractivity contribution >= 4 is 56.4 Å². The molecule has 1 amide bonds. The quantitative estimate of drug-likeness (QED) is 0.208. The predicted molar refractivity (Wildman–Crippen MR) is 152 cm³/mol. The van der Waals surface area contributed by atoms with Crippen molar-refractivity contribution in [3.8, 4) is 28.5 Å². The smallest absolute Gasteiger partial charge is 0.292 e. The number of rotatable bonds is 6. The van der Waals surface area contributed by atoms with Gasteiger partial charge in [-0.3, -0.25) is 8.77 Å². The van der Waals surface area contributed by atoms with E-state index in [1.165, 1.54) is 16.9 Å². The molecule has 1 fully saturated rings. The largest absolute Gasteiger partial charge is 0.370 e. The summed E-state index contributed by atoms with van der Waals surface area (Å²) in [6.07, 6.45) is 0. The Balaban J connectivity index is 1.51. The lowest BCUT2D eigenvalue weighted by Gasteiger charge is -2.38. The molecule has 1 aliphatic heterocycles. The van der Waals surface area contributed by atoms with Gasteiger partial charge in [-0.25, -0.2) is 0 Å². The number of anilines is 1. The Hall–Kier alpha value is -3.71. The fourth-order valence-electron chi connectivity index (χ4n) is 4.65. The van der Waals surface area contributed by atoms with Gasteiger partial charge in [0.1, 0.15) is 10.9 Å². The van der Waals surface area contributed by atoms with E-state index in [4.69, 9.17) is 0 Å². The second-order valence-electron chi connectivity index (χ2n) is 8.91. The van der Waals surface area contributed by atoms with Gasteiger partial charge in [0.15, 0.2) is 0 Å². The number of carbonyl (C=O) groups is 1. The van der Waals surface area contributed by atoms with Crippen molar-refractivity contribution < 1.29 is 4.79 Å². The zero-order chi connectivity index (χ0) is 25.5. The first-order chi connectivity index (χ1) is 18.1. The highest BCUT2D eigenvalue weighted by molar-refractivity contribution is 7.98. The summed E-state index contributed by atoms with van der Waals surface area (Å²) in [6.45, 7) is 3.05. The summed E-state index contributed by atoms with van der Waals surface area (Å²) in [6, 6.07) is 23.3. The van der Waals surface area contributed by atoms with Gasteiger partial charge in [0, 0.05) is 45.5 Å². The van der Waals surface area contributed by atoms with Crippen molar-refractivity contribution in [2.75, 3.05) is 18.0 Å². The topological polar surface area (TPSA) is 78.5 Å². The predicted octanol–water partition coefficient (Wildman–Crippen LogP) is 7.56. The van der Waals surface area contributed by atoms with E-state index < -0.39 is 5.91 Å². The van der Waals surface area contributed by atoms with Gasteiger partial charge in [0.05, 0.1) is 21.8 Å². The number of hydrogen-bond donors (Lipinski definition) is 0. The molecule has 1 saturated heterocycles.